The van der Waals surface area contributed by atoms with Gasteiger partial charge in [0.05, 0.1) is 24.5 Å². The molecule has 3 aromatic carbocycles. The number of aromatic hydroxyl groups is 1. The monoisotopic (exact) mass is 702 g/mol. The first-order valence-corrected chi connectivity index (χ1v) is 17.9. The minimum Gasteiger partial charge on any atom is -0.508 e. The molecule has 260 valence electrons. The summed E-state index contributed by atoms with van der Waals surface area (Å²) in [4.78, 5) is 44.3. The number of halogens is 1. The van der Waals surface area contributed by atoms with Crippen molar-refractivity contribution in [3.8, 4) is 17.0 Å². The number of hydrogen-bond donors (Lipinski definition) is 1. The number of carbonyl (C=O) groups excluding carboxylic acids is 2. The van der Waals surface area contributed by atoms with Gasteiger partial charge in [-0.2, -0.15) is 0 Å². The summed E-state index contributed by atoms with van der Waals surface area (Å²) >= 11 is 6.69. The number of phenols is 1. The van der Waals surface area contributed by atoms with Gasteiger partial charge in [-0.1, -0.05) is 35.9 Å². The predicted octanol–water partition coefficient (Wildman–Crippen LogP) is 6.52. The molecule has 0 radical (unpaired) electrons. The Kier molecular flexibility index (Phi) is 9.29. The fraction of sp³-hybridized carbons (Fsp3) is 0.300. The van der Waals surface area contributed by atoms with Crippen molar-refractivity contribution in [2.75, 3.05) is 37.7 Å². The zero-order chi connectivity index (χ0) is 34.9. The van der Waals surface area contributed by atoms with Crippen LogP contribution in [0, 0.1) is 0 Å². The lowest BCUT2D eigenvalue weighted by Gasteiger charge is -2.40. The number of nitrogens with zero attached hydrogens (tertiary/aromatic N) is 6. The molecule has 0 unspecified atom stereocenters. The van der Waals surface area contributed by atoms with Crippen LogP contribution in [0.3, 0.4) is 0 Å². The molecule has 3 aliphatic rings. The van der Waals surface area contributed by atoms with Gasteiger partial charge in [0.1, 0.15) is 5.75 Å². The number of rotatable bonds is 7. The Bertz CT molecular complexity index is 2060. The van der Waals surface area contributed by atoms with Gasteiger partial charge in [0, 0.05) is 78.7 Å². The van der Waals surface area contributed by atoms with Crippen LogP contribution in [0.5, 0.6) is 5.75 Å². The topological polar surface area (TPSA) is 104 Å². The fourth-order valence-corrected chi connectivity index (χ4v) is 7.85. The molecule has 0 bridgehead atoms. The SMILES string of the molecule is O=C(c1cc(-c2cc(Cl)ccc2C(=O)N2Cc3ccccc3C[C@H]2CN2CCOCC2)n2c1CCCC2)N(c1ccc(O)cc1)c1ncccn1. The van der Waals surface area contributed by atoms with E-state index in [9.17, 15) is 14.7 Å². The standard InChI is InChI=1S/C40H39ClN6O4/c41-29-9-14-33(38(49)46-25-28-7-2-1-6-27(28)22-31(46)26-44-18-20-51-21-19-44)34(23-29)37-24-35(36-8-3-4-17-45(36)37)39(50)47(40-42-15-5-16-43-40)30-10-12-32(48)13-11-30/h1-2,5-7,9-16,23-24,31,48H,3-4,8,17-22,25-26H2/t31-/m0/s1. The number of morpholine rings is 1. The van der Waals surface area contributed by atoms with Crippen LogP contribution in [0.25, 0.3) is 11.3 Å². The highest BCUT2D eigenvalue weighted by atomic mass is 35.5. The zero-order valence-corrected chi connectivity index (χ0v) is 29.0. The quantitative estimate of drug-likeness (QED) is 0.206. The molecule has 3 aliphatic heterocycles. The second-order valence-corrected chi connectivity index (χ2v) is 13.8. The zero-order valence-electron chi connectivity index (χ0n) is 28.2. The molecule has 10 nitrogen and oxygen atoms in total. The van der Waals surface area contributed by atoms with Crippen LogP contribution in [0.1, 0.15) is 50.4 Å². The smallest absolute Gasteiger partial charge is 0.267 e. The Morgan fingerprint density at radius 2 is 1.65 bits per heavy atom. The van der Waals surface area contributed by atoms with Crippen molar-refractivity contribution in [2.45, 2.75) is 44.8 Å². The van der Waals surface area contributed by atoms with Crippen LogP contribution in [0.4, 0.5) is 11.6 Å². The third-order valence-electron chi connectivity index (χ3n) is 10.2. The summed E-state index contributed by atoms with van der Waals surface area (Å²) < 4.78 is 7.79. The van der Waals surface area contributed by atoms with E-state index >= 15 is 0 Å². The number of ether oxygens (including phenoxy) is 1. The number of hydrogen-bond acceptors (Lipinski definition) is 7. The normalized spacial score (nSPS) is 17.4. The highest BCUT2D eigenvalue weighted by Crippen LogP contribution is 2.38. The van der Waals surface area contributed by atoms with Gasteiger partial charge in [0.15, 0.2) is 0 Å². The molecule has 1 fully saturated rings. The summed E-state index contributed by atoms with van der Waals surface area (Å²) in [5.74, 6) is -0.0408. The summed E-state index contributed by atoms with van der Waals surface area (Å²) in [7, 11) is 0. The number of phenolic OH excluding ortho intramolecular Hbond substituents is 1. The molecular weight excluding hydrogens is 664 g/mol. The van der Waals surface area contributed by atoms with Gasteiger partial charge in [-0.3, -0.25) is 14.5 Å². The number of carbonyl (C=O) groups is 2. The van der Waals surface area contributed by atoms with E-state index in [-0.39, 0.29) is 29.6 Å². The first-order chi connectivity index (χ1) is 24.9. The summed E-state index contributed by atoms with van der Waals surface area (Å²) in [5.41, 5.74) is 6.41. The van der Waals surface area contributed by atoms with E-state index < -0.39 is 0 Å². The molecule has 1 saturated heterocycles. The number of anilines is 2. The molecule has 0 saturated carbocycles. The highest BCUT2D eigenvalue weighted by Gasteiger charge is 2.35. The number of fused-ring (bicyclic) bond motifs is 2. The molecule has 5 heterocycles. The lowest BCUT2D eigenvalue weighted by molar-refractivity contribution is 0.0193. The Morgan fingerprint density at radius 3 is 2.43 bits per heavy atom. The minimum atomic E-state index is -0.295. The van der Waals surface area contributed by atoms with Crippen LogP contribution in [-0.2, 0) is 30.7 Å². The molecule has 11 heteroatoms. The molecule has 1 N–H and O–H groups in total. The van der Waals surface area contributed by atoms with Gasteiger partial charge < -0.3 is 19.3 Å². The van der Waals surface area contributed by atoms with Crippen molar-refractivity contribution >= 4 is 35.1 Å². The molecule has 8 rings (SSSR count). The first-order valence-electron chi connectivity index (χ1n) is 17.6. The van der Waals surface area contributed by atoms with Crippen molar-refractivity contribution in [1.29, 1.82) is 0 Å². The third-order valence-corrected chi connectivity index (χ3v) is 10.5. The van der Waals surface area contributed by atoms with Gasteiger partial charge in [0.25, 0.3) is 11.8 Å². The fourth-order valence-electron chi connectivity index (χ4n) is 7.68. The van der Waals surface area contributed by atoms with E-state index in [1.54, 1.807) is 36.7 Å². The van der Waals surface area contributed by atoms with Crippen molar-refractivity contribution in [2.24, 2.45) is 0 Å². The summed E-state index contributed by atoms with van der Waals surface area (Å²) in [6.07, 6.45) is 6.55. The molecule has 51 heavy (non-hydrogen) atoms. The average Bonchev–Trinajstić information content (AvgIpc) is 3.56. The lowest BCUT2D eigenvalue weighted by atomic mass is 9.92. The summed E-state index contributed by atoms with van der Waals surface area (Å²) in [5, 5.41) is 10.5. The van der Waals surface area contributed by atoms with Crippen LogP contribution in [0.2, 0.25) is 5.02 Å². The van der Waals surface area contributed by atoms with Gasteiger partial charge in [-0.05, 0) is 91.4 Å². The van der Waals surface area contributed by atoms with Crippen LogP contribution >= 0.6 is 11.6 Å². The van der Waals surface area contributed by atoms with Gasteiger partial charge in [-0.25, -0.2) is 14.9 Å². The first kappa shape index (κ1) is 33.1. The lowest BCUT2D eigenvalue weighted by Crippen LogP contribution is -2.52. The van der Waals surface area contributed by atoms with Crippen LogP contribution in [-0.4, -0.2) is 80.1 Å². The Balaban J connectivity index is 1.20. The van der Waals surface area contributed by atoms with E-state index in [1.807, 2.05) is 29.2 Å². The van der Waals surface area contributed by atoms with E-state index in [4.69, 9.17) is 16.3 Å². The average molecular weight is 703 g/mol. The third kappa shape index (κ3) is 6.62. The number of benzene rings is 3. The van der Waals surface area contributed by atoms with Gasteiger partial charge in [0.2, 0.25) is 5.95 Å². The van der Waals surface area contributed by atoms with Crippen LogP contribution < -0.4 is 4.90 Å². The highest BCUT2D eigenvalue weighted by molar-refractivity contribution is 6.31. The Labute approximate surface area is 301 Å². The largest absolute Gasteiger partial charge is 0.508 e. The maximum Gasteiger partial charge on any atom is 0.267 e. The minimum absolute atomic E-state index is 0.0165. The van der Waals surface area contributed by atoms with Gasteiger partial charge in [-0.15, -0.1) is 0 Å². The van der Waals surface area contributed by atoms with Gasteiger partial charge >= 0.3 is 0 Å². The molecule has 0 spiro atoms. The van der Waals surface area contributed by atoms with Crippen molar-refractivity contribution in [3.05, 3.63) is 124 Å². The van der Waals surface area contributed by atoms with Crippen molar-refractivity contribution < 1.29 is 19.4 Å². The second kappa shape index (κ2) is 14.3. The predicted molar refractivity (Wildman–Crippen MR) is 195 cm³/mol. The maximum absolute atomic E-state index is 14.9. The molecule has 5 aromatic rings. The molecule has 1 atom stereocenters. The number of amides is 2. The summed E-state index contributed by atoms with van der Waals surface area (Å²) in [6.45, 7) is 5.05. The molecule has 2 amide bonds. The Hall–Kier alpha value is -5.03. The van der Waals surface area contributed by atoms with Crippen molar-refractivity contribution in [1.82, 2.24) is 24.3 Å². The van der Waals surface area contributed by atoms with Crippen LogP contribution in [0.15, 0.2) is 91.3 Å². The second-order valence-electron chi connectivity index (χ2n) is 13.4. The van der Waals surface area contributed by atoms with Crippen molar-refractivity contribution in [3.63, 3.8) is 0 Å². The summed E-state index contributed by atoms with van der Waals surface area (Å²) in [6, 6.07) is 23.8. The Morgan fingerprint density at radius 1 is 0.882 bits per heavy atom. The van der Waals surface area contributed by atoms with E-state index in [0.717, 1.165) is 55.8 Å². The van der Waals surface area contributed by atoms with E-state index in [2.05, 4.69) is 37.6 Å². The maximum atomic E-state index is 14.9. The van der Waals surface area contributed by atoms with E-state index in [0.29, 0.717) is 60.1 Å². The molecule has 0 aliphatic carbocycles. The van der Waals surface area contributed by atoms with E-state index in [1.165, 1.54) is 22.6 Å². The number of aromatic nitrogens is 3. The molecular formula is C40H39ClN6O4. The molecule has 2 aromatic heterocycles.